The summed E-state index contributed by atoms with van der Waals surface area (Å²) >= 11 is 0. The third kappa shape index (κ3) is 3.67. The van der Waals surface area contributed by atoms with Crippen molar-refractivity contribution in [1.29, 1.82) is 0 Å². The fourth-order valence-corrected chi connectivity index (χ4v) is 2.36. The van der Waals surface area contributed by atoms with E-state index in [1.807, 2.05) is 0 Å². The highest BCUT2D eigenvalue weighted by Gasteiger charge is 2.07. The van der Waals surface area contributed by atoms with Crippen LogP contribution < -0.4 is 4.74 Å². The van der Waals surface area contributed by atoms with Gasteiger partial charge in [-0.05, 0) is 18.2 Å². The third-order valence-electron chi connectivity index (χ3n) is 1.24. The topological polar surface area (TPSA) is 63.6 Å². The fraction of sp³-hybridized carbons (Fsp3) is 0.143. The Hall–Kier alpha value is -0.720. The predicted molar refractivity (Wildman–Crippen MR) is 50.4 cm³/mol. The Morgan fingerprint density at radius 2 is 2.15 bits per heavy atom. The molecule has 1 rings (SSSR count). The summed E-state index contributed by atoms with van der Waals surface area (Å²) in [6.07, 6.45) is 0. The van der Waals surface area contributed by atoms with Crippen LogP contribution in [-0.4, -0.2) is 20.1 Å². The molecule has 0 saturated carbocycles. The molecule has 0 aliphatic rings. The Morgan fingerprint density at radius 3 is 2.69 bits per heavy atom. The lowest BCUT2D eigenvalue weighted by molar-refractivity contribution is 0.413. The van der Waals surface area contributed by atoms with E-state index in [9.17, 15) is 8.42 Å². The van der Waals surface area contributed by atoms with Crippen molar-refractivity contribution in [1.82, 2.24) is 0 Å². The average Bonchev–Trinajstić information content (AvgIpc) is 2.01. The first kappa shape index (κ1) is 10.4. The molecule has 0 amide bonds. The summed E-state index contributed by atoms with van der Waals surface area (Å²) in [5.74, 6) is 0.550. The Morgan fingerprint density at radius 1 is 1.46 bits per heavy atom. The van der Waals surface area contributed by atoms with Gasteiger partial charge in [-0.25, -0.2) is 0 Å². The zero-order valence-electron chi connectivity index (χ0n) is 6.80. The van der Waals surface area contributed by atoms with Crippen molar-refractivity contribution in [2.75, 3.05) is 7.11 Å². The van der Waals surface area contributed by atoms with E-state index in [0.29, 0.717) is 21.4 Å². The Balaban J connectivity index is 2.90. The highest BCUT2D eigenvalue weighted by molar-refractivity contribution is 8.69. The van der Waals surface area contributed by atoms with Gasteiger partial charge in [-0.3, -0.25) is 4.55 Å². The standard InChI is InChI=1S/C7H8O4S2/c1-11-6-3-2-4-7(5-6)12-13(8,9)10/h2-5H,1H3,(H,8,9,10). The molecular weight excluding hydrogens is 212 g/mol. The molecule has 6 heteroatoms. The molecule has 0 heterocycles. The van der Waals surface area contributed by atoms with Gasteiger partial charge in [0.1, 0.15) is 5.75 Å². The van der Waals surface area contributed by atoms with Crippen LogP contribution in [0, 0.1) is 0 Å². The second-order valence-corrected chi connectivity index (χ2v) is 5.45. The molecule has 0 aromatic heterocycles. The van der Waals surface area contributed by atoms with Gasteiger partial charge >= 0.3 is 9.15 Å². The second kappa shape index (κ2) is 3.99. The zero-order valence-corrected chi connectivity index (χ0v) is 8.43. The lowest BCUT2D eigenvalue weighted by Gasteiger charge is -2.01. The number of ether oxygens (including phenoxy) is 1. The molecule has 0 aliphatic heterocycles. The number of methoxy groups -OCH3 is 1. The van der Waals surface area contributed by atoms with Gasteiger partial charge in [-0.2, -0.15) is 8.42 Å². The third-order valence-corrected chi connectivity index (χ3v) is 3.11. The summed E-state index contributed by atoms with van der Waals surface area (Å²) in [6.45, 7) is 0. The molecule has 0 bridgehead atoms. The van der Waals surface area contributed by atoms with Crippen LogP contribution in [0.2, 0.25) is 0 Å². The number of hydrogen-bond acceptors (Lipinski definition) is 4. The van der Waals surface area contributed by atoms with E-state index in [2.05, 4.69) is 0 Å². The van der Waals surface area contributed by atoms with Crippen LogP contribution in [0.4, 0.5) is 0 Å². The minimum absolute atomic E-state index is 0.378. The largest absolute Gasteiger partial charge is 0.497 e. The van der Waals surface area contributed by atoms with Gasteiger partial charge < -0.3 is 4.74 Å². The first-order valence-electron chi connectivity index (χ1n) is 3.32. The summed E-state index contributed by atoms with van der Waals surface area (Å²) in [4.78, 5) is 0.418. The van der Waals surface area contributed by atoms with Crippen molar-refractivity contribution < 1.29 is 17.7 Å². The maximum atomic E-state index is 10.5. The predicted octanol–water partition coefficient (Wildman–Crippen LogP) is 1.59. The van der Waals surface area contributed by atoms with Crippen molar-refractivity contribution >= 4 is 19.9 Å². The fourth-order valence-electron chi connectivity index (χ4n) is 0.775. The molecule has 1 aromatic rings. The Bertz CT molecular complexity index is 385. The first-order valence-corrected chi connectivity index (χ1v) is 6.09. The van der Waals surface area contributed by atoms with E-state index >= 15 is 0 Å². The van der Waals surface area contributed by atoms with Gasteiger partial charge in [0.05, 0.1) is 7.11 Å². The van der Waals surface area contributed by atoms with Crippen molar-refractivity contribution in [3.63, 3.8) is 0 Å². The summed E-state index contributed by atoms with van der Waals surface area (Å²) in [7, 11) is -2.18. The molecule has 0 radical (unpaired) electrons. The van der Waals surface area contributed by atoms with Gasteiger partial charge in [-0.1, -0.05) is 6.07 Å². The smallest absolute Gasteiger partial charge is 0.324 e. The van der Waals surface area contributed by atoms with E-state index < -0.39 is 9.15 Å². The lowest BCUT2D eigenvalue weighted by atomic mass is 10.3. The maximum absolute atomic E-state index is 10.5. The van der Waals surface area contributed by atoms with Gasteiger partial charge in [0.25, 0.3) is 0 Å². The van der Waals surface area contributed by atoms with Crippen LogP contribution in [0.3, 0.4) is 0 Å². The van der Waals surface area contributed by atoms with Gasteiger partial charge in [0, 0.05) is 15.7 Å². The molecule has 1 N–H and O–H groups in total. The van der Waals surface area contributed by atoms with Crippen LogP contribution in [0.15, 0.2) is 29.2 Å². The summed E-state index contributed by atoms with van der Waals surface area (Å²) in [6, 6.07) is 6.43. The SMILES string of the molecule is COc1cccc(SS(=O)(=O)O)c1. The first-order chi connectivity index (χ1) is 6.01. The minimum Gasteiger partial charge on any atom is -0.497 e. The van der Waals surface area contributed by atoms with Crippen LogP contribution in [0.25, 0.3) is 0 Å². The zero-order chi connectivity index (χ0) is 9.90. The molecule has 0 fully saturated rings. The molecule has 0 spiro atoms. The van der Waals surface area contributed by atoms with Crippen LogP contribution in [0.1, 0.15) is 0 Å². The summed E-state index contributed by atoms with van der Waals surface area (Å²) < 4.78 is 34.4. The number of hydrogen-bond donors (Lipinski definition) is 1. The van der Waals surface area contributed by atoms with Crippen molar-refractivity contribution in [3.05, 3.63) is 24.3 Å². The van der Waals surface area contributed by atoms with E-state index in [-0.39, 0.29) is 0 Å². The normalized spacial score (nSPS) is 11.2. The van der Waals surface area contributed by atoms with Crippen LogP contribution in [-0.2, 0) is 9.15 Å². The van der Waals surface area contributed by atoms with Gasteiger partial charge in [0.15, 0.2) is 0 Å². The van der Waals surface area contributed by atoms with Crippen molar-refractivity contribution in [3.8, 4) is 5.75 Å². The van der Waals surface area contributed by atoms with Crippen LogP contribution >= 0.6 is 10.8 Å². The average molecular weight is 220 g/mol. The second-order valence-electron chi connectivity index (χ2n) is 2.19. The molecule has 4 nitrogen and oxygen atoms in total. The molecule has 13 heavy (non-hydrogen) atoms. The summed E-state index contributed by atoms with van der Waals surface area (Å²) in [5.41, 5.74) is 0. The number of benzene rings is 1. The quantitative estimate of drug-likeness (QED) is 0.619. The van der Waals surface area contributed by atoms with Gasteiger partial charge in [0.2, 0.25) is 0 Å². The highest BCUT2D eigenvalue weighted by atomic mass is 33.1. The highest BCUT2D eigenvalue weighted by Crippen LogP contribution is 2.26. The van der Waals surface area contributed by atoms with E-state index in [4.69, 9.17) is 9.29 Å². The molecule has 0 atom stereocenters. The van der Waals surface area contributed by atoms with Crippen molar-refractivity contribution in [2.45, 2.75) is 4.90 Å². The summed E-state index contributed by atoms with van der Waals surface area (Å²) in [5, 5.41) is 0. The Kier molecular flexibility index (Phi) is 3.18. The molecular formula is C7H8O4S2. The molecule has 0 unspecified atom stereocenters. The van der Waals surface area contributed by atoms with E-state index in [1.54, 1.807) is 18.2 Å². The van der Waals surface area contributed by atoms with E-state index in [0.717, 1.165) is 0 Å². The molecule has 0 aliphatic carbocycles. The van der Waals surface area contributed by atoms with Crippen LogP contribution in [0.5, 0.6) is 5.75 Å². The number of rotatable bonds is 3. The van der Waals surface area contributed by atoms with Gasteiger partial charge in [-0.15, -0.1) is 0 Å². The molecule has 0 saturated heterocycles. The monoisotopic (exact) mass is 220 g/mol. The minimum atomic E-state index is -4.04. The molecule has 1 aromatic carbocycles. The van der Waals surface area contributed by atoms with Crippen molar-refractivity contribution in [2.24, 2.45) is 0 Å². The Labute approximate surface area is 80.1 Å². The van der Waals surface area contributed by atoms with E-state index in [1.165, 1.54) is 13.2 Å². The maximum Gasteiger partial charge on any atom is 0.324 e. The lowest BCUT2D eigenvalue weighted by Crippen LogP contribution is -1.89. The molecule has 72 valence electrons.